The van der Waals surface area contributed by atoms with Gasteiger partial charge in [0.2, 0.25) is 5.91 Å². The summed E-state index contributed by atoms with van der Waals surface area (Å²) < 4.78 is 5.09. The molecule has 0 aliphatic heterocycles. The highest BCUT2D eigenvalue weighted by molar-refractivity contribution is 5.76. The molecule has 0 spiro atoms. The molecule has 2 aromatic carbocycles. The second-order valence-electron chi connectivity index (χ2n) is 5.58. The Labute approximate surface area is 140 Å². The molecule has 2 aromatic rings. The normalized spacial score (nSPS) is 11.6. The average molecular weight is 328 g/mol. The smallest absolute Gasteiger partial charge is 0.269 e. The van der Waals surface area contributed by atoms with E-state index in [0.29, 0.717) is 13.0 Å². The molecule has 6 heteroatoms. The molecule has 1 atom stereocenters. The molecule has 0 fully saturated rings. The predicted molar refractivity (Wildman–Crippen MR) is 91.0 cm³/mol. The van der Waals surface area contributed by atoms with Crippen molar-refractivity contribution in [2.24, 2.45) is 0 Å². The maximum Gasteiger partial charge on any atom is 0.269 e. The predicted octanol–water partition coefficient (Wildman–Crippen LogP) is 3.41. The van der Waals surface area contributed by atoms with Crippen molar-refractivity contribution in [1.82, 2.24) is 5.32 Å². The summed E-state index contributed by atoms with van der Waals surface area (Å²) in [5.74, 6) is 0.704. The maximum absolute atomic E-state index is 12.1. The maximum atomic E-state index is 12.1. The number of amides is 1. The van der Waals surface area contributed by atoms with Gasteiger partial charge >= 0.3 is 0 Å². The molecule has 0 radical (unpaired) electrons. The third-order valence-corrected chi connectivity index (χ3v) is 3.81. The summed E-state index contributed by atoms with van der Waals surface area (Å²) in [4.78, 5) is 22.3. The van der Waals surface area contributed by atoms with E-state index in [1.54, 1.807) is 19.2 Å². The molecule has 1 amide bonds. The summed E-state index contributed by atoms with van der Waals surface area (Å²) in [5, 5.41) is 13.5. The lowest BCUT2D eigenvalue weighted by Gasteiger charge is -2.12. The van der Waals surface area contributed by atoms with E-state index in [2.05, 4.69) is 5.32 Å². The van der Waals surface area contributed by atoms with Crippen molar-refractivity contribution in [3.63, 3.8) is 0 Å². The number of methoxy groups -OCH3 is 1. The van der Waals surface area contributed by atoms with Crippen molar-refractivity contribution >= 4 is 11.6 Å². The van der Waals surface area contributed by atoms with Gasteiger partial charge in [-0.3, -0.25) is 14.9 Å². The second kappa shape index (κ2) is 8.10. The van der Waals surface area contributed by atoms with E-state index in [9.17, 15) is 14.9 Å². The third kappa shape index (κ3) is 4.81. The molecular weight excluding hydrogens is 308 g/mol. The number of carbonyl (C=O) groups is 1. The van der Waals surface area contributed by atoms with E-state index < -0.39 is 4.92 Å². The van der Waals surface area contributed by atoms with Crippen LogP contribution in [-0.2, 0) is 11.3 Å². The van der Waals surface area contributed by atoms with E-state index in [4.69, 9.17) is 4.74 Å². The molecule has 0 aliphatic carbocycles. The van der Waals surface area contributed by atoms with Gasteiger partial charge in [-0.15, -0.1) is 0 Å². The summed E-state index contributed by atoms with van der Waals surface area (Å²) in [5.41, 5.74) is 1.95. The molecule has 0 saturated carbocycles. The van der Waals surface area contributed by atoms with Gasteiger partial charge in [0.15, 0.2) is 0 Å². The molecule has 126 valence electrons. The Bertz CT molecular complexity index is 696. The number of nitro benzene ring substituents is 1. The summed E-state index contributed by atoms with van der Waals surface area (Å²) in [6.45, 7) is 2.38. The van der Waals surface area contributed by atoms with E-state index in [-0.39, 0.29) is 17.5 Å². The van der Waals surface area contributed by atoms with Crippen molar-refractivity contribution in [3.05, 3.63) is 69.8 Å². The van der Waals surface area contributed by atoms with Crippen LogP contribution in [0, 0.1) is 10.1 Å². The van der Waals surface area contributed by atoms with E-state index >= 15 is 0 Å². The van der Waals surface area contributed by atoms with Gasteiger partial charge in [-0.05, 0) is 29.2 Å². The average Bonchev–Trinajstić information content (AvgIpc) is 2.60. The first-order valence-electron chi connectivity index (χ1n) is 7.63. The summed E-state index contributed by atoms with van der Waals surface area (Å²) in [6, 6.07) is 13.8. The molecule has 1 unspecified atom stereocenters. The topological polar surface area (TPSA) is 81.5 Å². The highest BCUT2D eigenvalue weighted by Crippen LogP contribution is 2.22. The number of hydrogen-bond acceptors (Lipinski definition) is 4. The molecule has 2 rings (SSSR count). The number of benzene rings is 2. The van der Waals surface area contributed by atoms with Crippen molar-refractivity contribution in [2.75, 3.05) is 7.11 Å². The van der Waals surface area contributed by atoms with Crippen LogP contribution in [-0.4, -0.2) is 17.9 Å². The SMILES string of the molecule is COc1ccc(CNC(=O)CC(C)c2ccc([N+](=O)[O-])cc2)cc1. The Morgan fingerprint density at radius 3 is 2.33 bits per heavy atom. The first kappa shape index (κ1) is 17.5. The number of non-ortho nitro benzene ring substituents is 1. The van der Waals surface area contributed by atoms with E-state index in [0.717, 1.165) is 16.9 Å². The molecule has 0 saturated heterocycles. The van der Waals surface area contributed by atoms with Crippen LogP contribution < -0.4 is 10.1 Å². The quantitative estimate of drug-likeness (QED) is 0.624. The number of nitrogens with one attached hydrogen (secondary N) is 1. The summed E-state index contributed by atoms with van der Waals surface area (Å²) in [7, 11) is 1.61. The van der Waals surface area contributed by atoms with Gasteiger partial charge < -0.3 is 10.1 Å². The highest BCUT2D eigenvalue weighted by atomic mass is 16.6. The minimum Gasteiger partial charge on any atom is -0.497 e. The van der Waals surface area contributed by atoms with Crippen LogP contribution in [0.15, 0.2) is 48.5 Å². The van der Waals surface area contributed by atoms with Crippen LogP contribution in [0.3, 0.4) is 0 Å². The van der Waals surface area contributed by atoms with E-state index in [1.165, 1.54) is 12.1 Å². The number of nitrogens with zero attached hydrogens (tertiary/aromatic N) is 1. The van der Waals surface area contributed by atoms with Crippen molar-refractivity contribution < 1.29 is 14.5 Å². The molecular formula is C18H20N2O4. The van der Waals surface area contributed by atoms with Crippen molar-refractivity contribution in [3.8, 4) is 5.75 Å². The third-order valence-electron chi connectivity index (χ3n) is 3.81. The summed E-state index contributed by atoms with van der Waals surface area (Å²) >= 11 is 0. The molecule has 0 aliphatic rings. The van der Waals surface area contributed by atoms with Crippen LogP contribution in [0.25, 0.3) is 0 Å². The van der Waals surface area contributed by atoms with Gasteiger partial charge in [-0.25, -0.2) is 0 Å². The number of nitro groups is 1. The molecule has 24 heavy (non-hydrogen) atoms. The first-order chi connectivity index (χ1) is 11.5. The Hall–Kier alpha value is -2.89. The second-order valence-corrected chi connectivity index (χ2v) is 5.58. The Morgan fingerprint density at radius 1 is 1.17 bits per heavy atom. The van der Waals surface area contributed by atoms with Crippen molar-refractivity contribution in [2.45, 2.75) is 25.8 Å². The molecule has 0 bridgehead atoms. The molecule has 0 aromatic heterocycles. The minimum atomic E-state index is -0.435. The Balaban J connectivity index is 1.85. The van der Waals surface area contributed by atoms with E-state index in [1.807, 2.05) is 31.2 Å². The Kier molecular flexibility index (Phi) is 5.89. The fourth-order valence-corrected chi connectivity index (χ4v) is 2.34. The lowest BCUT2D eigenvalue weighted by Crippen LogP contribution is -2.24. The lowest BCUT2D eigenvalue weighted by molar-refractivity contribution is -0.384. The zero-order valence-corrected chi connectivity index (χ0v) is 13.7. The highest BCUT2D eigenvalue weighted by Gasteiger charge is 2.13. The number of hydrogen-bond donors (Lipinski definition) is 1. The van der Waals surface area contributed by atoms with Gasteiger partial charge in [0, 0.05) is 25.1 Å². The fraction of sp³-hybridized carbons (Fsp3) is 0.278. The van der Waals surface area contributed by atoms with Crippen molar-refractivity contribution in [1.29, 1.82) is 0 Å². The zero-order chi connectivity index (χ0) is 17.5. The number of rotatable bonds is 7. The monoisotopic (exact) mass is 328 g/mol. The zero-order valence-electron chi connectivity index (χ0n) is 13.7. The minimum absolute atomic E-state index is 0.0123. The standard InChI is InChI=1S/C18H20N2O4/c1-13(15-5-7-16(8-6-15)20(22)23)11-18(21)19-12-14-3-9-17(24-2)10-4-14/h3-10,13H,11-12H2,1-2H3,(H,19,21). The number of ether oxygens (including phenoxy) is 1. The molecule has 6 nitrogen and oxygen atoms in total. The fourth-order valence-electron chi connectivity index (χ4n) is 2.34. The van der Waals surface area contributed by atoms with Gasteiger partial charge in [-0.2, -0.15) is 0 Å². The Morgan fingerprint density at radius 2 is 1.79 bits per heavy atom. The summed E-state index contributed by atoms with van der Waals surface area (Å²) in [6.07, 6.45) is 0.327. The molecule has 1 N–H and O–H groups in total. The van der Waals surface area contributed by atoms with Crippen LogP contribution in [0.5, 0.6) is 5.75 Å². The van der Waals surface area contributed by atoms with Crippen LogP contribution >= 0.6 is 0 Å². The molecule has 0 heterocycles. The number of carbonyl (C=O) groups excluding carboxylic acids is 1. The van der Waals surface area contributed by atoms with Gasteiger partial charge in [-0.1, -0.05) is 31.2 Å². The largest absolute Gasteiger partial charge is 0.497 e. The van der Waals surface area contributed by atoms with Gasteiger partial charge in [0.05, 0.1) is 12.0 Å². The van der Waals surface area contributed by atoms with Gasteiger partial charge in [0.25, 0.3) is 5.69 Å². The van der Waals surface area contributed by atoms with Crippen LogP contribution in [0.4, 0.5) is 5.69 Å². The van der Waals surface area contributed by atoms with Gasteiger partial charge in [0.1, 0.15) is 5.75 Å². The van der Waals surface area contributed by atoms with Crippen LogP contribution in [0.1, 0.15) is 30.4 Å². The first-order valence-corrected chi connectivity index (χ1v) is 7.63. The van der Waals surface area contributed by atoms with Crippen LogP contribution in [0.2, 0.25) is 0 Å². The lowest BCUT2D eigenvalue weighted by atomic mass is 9.97.